The fourth-order valence-corrected chi connectivity index (χ4v) is 5.07. The van der Waals surface area contributed by atoms with Crippen LogP contribution in [-0.2, 0) is 6.42 Å². The number of aryl methyl sites for hydroxylation is 1. The van der Waals surface area contributed by atoms with Crippen LogP contribution in [-0.4, -0.2) is 16.5 Å². The minimum atomic E-state index is 0.328. The number of rotatable bonds is 1. The quantitative estimate of drug-likeness (QED) is 0.596. The maximum Gasteiger partial charge on any atom is 0.225 e. The Morgan fingerprint density at radius 1 is 1.38 bits per heavy atom. The highest BCUT2D eigenvalue weighted by Gasteiger charge is 2.27. The van der Waals surface area contributed by atoms with Crippen LogP contribution in [0.2, 0.25) is 5.28 Å². The average molecular weight is 336 g/mol. The fraction of sp³-hybridized carbons (Fsp3) is 0.333. The molecule has 21 heavy (non-hydrogen) atoms. The lowest BCUT2D eigenvalue weighted by Crippen LogP contribution is -2.33. The summed E-state index contributed by atoms with van der Waals surface area (Å²) in [6.45, 7) is 5.32. The molecule has 0 saturated heterocycles. The van der Waals surface area contributed by atoms with Gasteiger partial charge in [-0.1, -0.05) is 0 Å². The van der Waals surface area contributed by atoms with Crippen molar-refractivity contribution in [2.75, 3.05) is 11.4 Å². The van der Waals surface area contributed by atoms with Crippen LogP contribution in [0.5, 0.6) is 0 Å². The maximum atomic E-state index is 6.14. The number of thiophene rings is 2. The number of aromatic nitrogens is 2. The van der Waals surface area contributed by atoms with Crippen molar-refractivity contribution in [3.05, 3.63) is 38.1 Å². The first-order valence-electron chi connectivity index (χ1n) is 6.90. The molecular weight excluding hydrogens is 322 g/mol. The molecule has 0 fully saturated rings. The summed E-state index contributed by atoms with van der Waals surface area (Å²) in [4.78, 5) is 15.0. The van der Waals surface area contributed by atoms with E-state index in [4.69, 9.17) is 11.6 Å². The highest BCUT2D eigenvalue weighted by Crippen LogP contribution is 2.39. The zero-order chi connectivity index (χ0) is 14.6. The second-order valence-electron chi connectivity index (χ2n) is 5.31. The largest absolute Gasteiger partial charge is 0.349 e. The lowest BCUT2D eigenvalue weighted by Gasteiger charge is -2.34. The van der Waals surface area contributed by atoms with Crippen LogP contribution in [0.1, 0.15) is 28.3 Å². The van der Waals surface area contributed by atoms with Crippen LogP contribution in [0, 0.1) is 6.92 Å². The van der Waals surface area contributed by atoms with Gasteiger partial charge in [-0.15, -0.1) is 22.7 Å². The van der Waals surface area contributed by atoms with Gasteiger partial charge < -0.3 is 4.90 Å². The first-order chi connectivity index (χ1) is 10.1. The first kappa shape index (κ1) is 13.5. The lowest BCUT2D eigenvalue weighted by atomic mass is 10.0. The second kappa shape index (κ2) is 4.93. The van der Waals surface area contributed by atoms with Crippen molar-refractivity contribution in [3.8, 4) is 0 Å². The van der Waals surface area contributed by atoms with Gasteiger partial charge in [-0.2, -0.15) is 4.98 Å². The summed E-state index contributed by atoms with van der Waals surface area (Å²) in [6.07, 6.45) is 1.07. The molecule has 4 heterocycles. The van der Waals surface area contributed by atoms with E-state index in [1.165, 1.54) is 15.3 Å². The van der Waals surface area contributed by atoms with E-state index >= 15 is 0 Å². The summed E-state index contributed by atoms with van der Waals surface area (Å²) < 4.78 is 0. The van der Waals surface area contributed by atoms with Crippen molar-refractivity contribution in [1.82, 2.24) is 9.97 Å². The Kier molecular flexibility index (Phi) is 3.17. The zero-order valence-electron chi connectivity index (χ0n) is 11.8. The molecule has 6 heteroatoms. The Bertz CT molecular complexity index is 824. The van der Waals surface area contributed by atoms with Crippen molar-refractivity contribution in [1.29, 1.82) is 0 Å². The third-order valence-electron chi connectivity index (χ3n) is 4.02. The van der Waals surface area contributed by atoms with Crippen molar-refractivity contribution < 1.29 is 0 Å². The molecule has 1 atom stereocenters. The van der Waals surface area contributed by atoms with Crippen LogP contribution in [0.15, 0.2) is 17.5 Å². The van der Waals surface area contributed by atoms with Gasteiger partial charge in [0.1, 0.15) is 10.6 Å². The Morgan fingerprint density at radius 3 is 3.10 bits per heavy atom. The molecule has 4 rings (SSSR count). The molecule has 1 unspecified atom stereocenters. The van der Waals surface area contributed by atoms with Crippen LogP contribution < -0.4 is 4.90 Å². The summed E-state index contributed by atoms with van der Waals surface area (Å²) in [7, 11) is 0. The minimum absolute atomic E-state index is 0.328. The van der Waals surface area contributed by atoms with Gasteiger partial charge in [0, 0.05) is 16.3 Å². The van der Waals surface area contributed by atoms with E-state index in [0.717, 1.165) is 29.0 Å². The number of anilines is 1. The molecular formula is C15H14ClN3S2. The van der Waals surface area contributed by atoms with E-state index in [0.29, 0.717) is 11.3 Å². The molecule has 108 valence electrons. The van der Waals surface area contributed by atoms with E-state index in [2.05, 4.69) is 46.2 Å². The molecule has 3 aromatic rings. The highest BCUT2D eigenvalue weighted by molar-refractivity contribution is 7.18. The van der Waals surface area contributed by atoms with Gasteiger partial charge in [0.25, 0.3) is 0 Å². The lowest BCUT2D eigenvalue weighted by molar-refractivity contribution is 0.627. The molecule has 3 aromatic heterocycles. The second-order valence-corrected chi connectivity index (χ2v) is 7.88. The normalized spacial score (nSPS) is 18.2. The van der Waals surface area contributed by atoms with Crippen molar-refractivity contribution in [2.24, 2.45) is 0 Å². The number of hydrogen-bond acceptors (Lipinski definition) is 5. The van der Waals surface area contributed by atoms with E-state index in [1.807, 2.05) is 11.3 Å². The molecule has 0 bridgehead atoms. The number of halogens is 1. The first-order valence-corrected chi connectivity index (χ1v) is 8.97. The summed E-state index contributed by atoms with van der Waals surface area (Å²) >= 11 is 9.67. The van der Waals surface area contributed by atoms with Crippen molar-refractivity contribution in [3.63, 3.8) is 0 Å². The Morgan fingerprint density at radius 2 is 2.24 bits per heavy atom. The maximum absolute atomic E-state index is 6.14. The van der Waals surface area contributed by atoms with Gasteiger partial charge in [0.05, 0.1) is 11.4 Å². The van der Waals surface area contributed by atoms with Crippen LogP contribution in [0.3, 0.4) is 0 Å². The minimum Gasteiger partial charge on any atom is -0.349 e. The molecule has 3 nitrogen and oxygen atoms in total. The van der Waals surface area contributed by atoms with E-state index < -0.39 is 0 Å². The third kappa shape index (κ3) is 2.15. The number of nitrogens with zero attached hydrogens (tertiary/aromatic N) is 3. The molecule has 0 radical (unpaired) electrons. The Labute approximate surface area is 136 Å². The molecule has 0 saturated carbocycles. The monoisotopic (exact) mass is 335 g/mol. The van der Waals surface area contributed by atoms with E-state index in [-0.39, 0.29) is 0 Å². The number of fused-ring (bicyclic) bond motifs is 2. The fourth-order valence-electron chi connectivity index (χ4n) is 3.02. The standard InChI is InChI=1S/C15H14ClN3S2/c1-8-7-11-13(17-15(16)18-14(11)21-8)19-5-3-12-10(9(19)2)4-6-20-12/h4,6-7,9H,3,5H2,1-2H3. The van der Waals surface area contributed by atoms with Gasteiger partial charge >= 0.3 is 0 Å². The highest BCUT2D eigenvalue weighted by atomic mass is 35.5. The molecule has 1 aliphatic rings. The molecule has 0 amide bonds. The van der Waals surface area contributed by atoms with E-state index in [9.17, 15) is 0 Å². The van der Waals surface area contributed by atoms with Gasteiger partial charge in [-0.3, -0.25) is 0 Å². The van der Waals surface area contributed by atoms with Gasteiger partial charge in [-0.25, -0.2) is 4.98 Å². The topological polar surface area (TPSA) is 29.0 Å². The van der Waals surface area contributed by atoms with E-state index in [1.54, 1.807) is 11.3 Å². The smallest absolute Gasteiger partial charge is 0.225 e. The molecule has 0 N–H and O–H groups in total. The molecule has 1 aliphatic heterocycles. The summed E-state index contributed by atoms with van der Waals surface area (Å²) in [5, 5.41) is 3.64. The molecule has 0 aromatic carbocycles. The summed E-state index contributed by atoms with van der Waals surface area (Å²) in [5.74, 6) is 0.971. The van der Waals surface area contributed by atoms with Crippen molar-refractivity contribution >= 4 is 50.3 Å². The third-order valence-corrected chi connectivity index (χ3v) is 6.13. The summed E-state index contributed by atoms with van der Waals surface area (Å²) in [6, 6.07) is 4.73. The van der Waals surface area contributed by atoms with Crippen LogP contribution in [0.25, 0.3) is 10.2 Å². The van der Waals surface area contributed by atoms with Gasteiger partial charge in [0.15, 0.2) is 0 Å². The van der Waals surface area contributed by atoms with Crippen LogP contribution >= 0.6 is 34.3 Å². The summed E-state index contributed by atoms with van der Waals surface area (Å²) in [5.41, 5.74) is 1.42. The SMILES string of the molecule is Cc1cc2c(N3CCc4sccc4C3C)nc(Cl)nc2s1. The predicted molar refractivity (Wildman–Crippen MR) is 90.9 cm³/mol. The zero-order valence-corrected chi connectivity index (χ0v) is 14.1. The van der Waals surface area contributed by atoms with Gasteiger partial charge in [0.2, 0.25) is 5.28 Å². The average Bonchev–Trinajstić information content (AvgIpc) is 3.04. The van der Waals surface area contributed by atoms with Crippen molar-refractivity contribution in [2.45, 2.75) is 26.3 Å². The Balaban J connectivity index is 1.87. The van der Waals surface area contributed by atoms with Gasteiger partial charge in [-0.05, 0) is 54.9 Å². The Hall–Kier alpha value is -1.17. The molecule has 0 spiro atoms. The molecule has 0 aliphatic carbocycles. The predicted octanol–water partition coefficient (Wildman–Crippen LogP) is 4.84. The van der Waals surface area contributed by atoms with Crippen LogP contribution in [0.4, 0.5) is 5.82 Å². The number of hydrogen-bond donors (Lipinski definition) is 0.